The minimum Gasteiger partial charge on any atom is -0.481 e. The molecule has 1 aliphatic rings. The van der Waals surface area contributed by atoms with E-state index < -0.39 is 21.8 Å². The van der Waals surface area contributed by atoms with Crippen molar-refractivity contribution in [2.75, 3.05) is 18.1 Å². The molecule has 1 aromatic rings. The molecule has 1 atom stereocenters. The third-order valence-corrected chi connectivity index (χ3v) is 5.07. The van der Waals surface area contributed by atoms with Gasteiger partial charge in [0.05, 0.1) is 30.7 Å². The summed E-state index contributed by atoms with van der Waals surface area (Å²) in [6, 6.07) is 1.35. The molecular weight excluding hydrogens is 270 g/mol. The van der Waals surface area contributed by atoms with Crippen LogP contribution in [0.25, 0.3) is 0 Å². The molecule has 1 unspecified atom stereocenters. The molecule has 106 valence electrons. The van der Waals surface area contributed by atoms with Crippen LogP contribution in [0.4, 0.5) is 0 Å². The molecule has 0 saturated carbocycles. The van der Waals surface area contributed by atoms with E-state index in [4.69, 9.17) is 9.52 Å². The smallest absolute Gasteiger partial charge is 0.304 e. The molecule has 0 aliphatic carbocycles. The fourth-order valence-electron chi connectivity index (χ4n) is 2.27. The van der Waals surface area contributed by atoms with Gasteiger partial charge in [-0.3, -0.25) is 9.69 Å². The molecule has 0 bridgehead atoms. The van der Waals surface area contributed by atoms with Gasteiger partial charge in [0.1, 0.15) is 5.76 Å². The molecule has 0 amide bonds. The molecule has 6 nitrogen and oxygen atoms in total. The Kier molecular flexibility index (Phi) is 3.96. The van der Waals surface area contributed by atoms with Gasteiger partial charge in [0.2, 0.25) is 0 Å². The number of carbonyl (C=O) groups is 1. The first-order chi connectivity index (χ1) is 8.87. The van der Waals surface area contributed by atoms with E-state index >= 15 is 0 Å². The summed E-state index contributed by atoms with van der Waals surface area (Å²) in [5, 5.41) is 8.89. The monoisotopic (exact) mass is 287 g/mol. The minimum absolute atomic E-state index is 0.0723. The van der Waals surface area contributed by atoms with E-state index in [-0.39, 0.29) is 17.9 Å². The zero-order chi connectivity index (χ0) is 14.0. The number of nitrogens with zero attached hydrogens (tertiary/aromatic N) is 1. The summed E-state index contributed by atoms with van der Waals surface area (Å²) in [6.45, 7) is 2.71. The van der Waals surface area contributed by atoms with Gasteiger partial charge >= 0.3 is 5.97 Å². The van der Waals surface area contributed by atoms with Gasteiger partial charge < -0.3 is 9.52 Å². The molecule has 2 heterocycles. The highest BCUT2D eigenvalue weighted by molar-refractivity contribution is 7.91. The van der Waals surface area contributed by atoms with Crippen LogP contribution in [0.5, 0.6) is 0 Å². The van der Waals surface area contributed by atoms with Crippen molar-refractivity contribution in [3.05, 3.63) is 23.7 Å². The van der Waals surface area contributed by atoms with Gasteiger partial charge in [-0.05, 0) is 18.6 Å². The summed E-state index contributed by atoms with van der Waals surface area (Å²) in [5.74, 6) is -0.250. The van der Waals surface area contributed by atoms with E-state index in [0.717, 1.165) is 11.3 Å². The van der Waals surface area contributed by atoms with Gasteiger partial charge in [0.25, 0.3) is 0 Å². The van der Waals surface area contributed by atoms with Gasteiger partial charge in [-0.25, -0.2) is 8.42 Å². The predicted octanol–water partition coefficient (Wildman–Crippen LogP) is 0.662. The average Bonchev–Trinajstić information content (AvgIpc) is 2.67. The number of carboxylic acids is 1. The highest BCUT2D eigenvalue weighted by Crippen LogP contribution is 2.20. The highest BCUT2D eigenvalue weighted by Gasteiger charge is 2.33. The van der Waals surface area contributed by atoms with Crippen molar-refractivity contribution in [2.45, 2.75) is 25.9 Å². The molecule has 1 N–H and O–H groups in total. The van der Waals surface area contributed by atoms with E-state index in [1.807, 2.05) is 17.9 Å². The predicted molar refractivity (Wildman–Crippen MR) is 68.5 cm³/mol. The van der Waals surface area contributed by atoms with Crippen molar-refractivity contribution in [2.24, 2.45) is 0 Å². The number of furan rings is 1. The second-order valence-electron chi connectivity index (χ2n) is 4.86. The van der Waals surface area contributed by atoms with Crippen molar-refractivity contribution in [3.63, 3.8) is 0 Å². The molecule has 2 rings (SSSR count). The number of hydrogen-bond acceptors (Lipinski definition) is 5. The van der Waals surface area contributed by atoms with Crippen molar-refractivity contribution < 1.29 is 22.7 Å². The van der Waals surface area contributed by atoms with Crippen LogP contribution < -0.4 is 0 Å². The summed E-state index contributed by atoms with van der Waals surface area (Å²) in [5.41, 5.74) is 0.988. The van der Waals surface area contributed by atoms with Crippen LogP contribution in [0.2, 0.25) is 0 Å². The summed E-state index contributed by atoms with van der Waals surface area (Å²) in [6.07, 6.45) is 1.41. The van der Waals surface area contributed by atoms with Crippen molar-refractivity contribution >= 4 is 15.8 Å². The number of sulfone groups is 1. The quantitative estimate of drug-likeness (QED) is 0.875. The Bertz CT molecular complexity index is 562. The molecular formula is C12H17NO5S. The summed E-state index contributed by atoms with van der Waals surface area (Å²) in [4.78, 5) is 12.7. The van der Waals surface area contributed by atoms with E-state index in [1.165, 1.54) is 0 Å². The molecule has 1 saturated heterocycles. The van der Waals surface area contributed by atoms with E-state index in [1.54, 1.807) is 6.26 Å². The van der Waals surface area contributed by atoms with Crippen LogP contribution in [0, 0.1) is 6.92 Å². The highest BCUT2D eigenvalue weighted by atomic mass is 32.2. The molecule has 0 radical (unpaired) electrons. The molecule has 1 aliphatic heterocycles. The SMILES string of the molecule is Cc1ccoc1CN1CCS(=O)(=O)CC1CC(=O)O. The Hall–Kier alpha value is -1.34. The zero-order valence-corrected chi connectivity index (χ0v) is 11.5. The number of aryl methyl sites for hydroxylation is 1. The fourth-order valence-corrected chi connectivity index (χ4v) is 3.86. The fraction of sp³-hybridized carbons (Fsp3) is 0.583. The van der Waals surface area contributed by atoms with Crippen LogP contribution in [-0.4, -0.2) is 48.5 Å². The molecule has 1 fully saturated rings. The van der Waals surface area contributed by atoms with Gasteiger partial charge in [-0.1, -0.05) is 0 Å². The average molecular weight is 287 g/mol. The zero-order valence-electron chi connectivity index (χ0n) is 10.7. The van der Waals surface area contributed by atoms with Gasteiger partial charge in [-0.15, -0.1) is 0 Å². The van der Waals surface area contributed by atoms with Gasteiger partial charge in [0, 0.05) is 12.6 Å². The van der Waals surface area contributed by atoms with Crippen LogP contribution in [0.15, 0.2) is 16.7 Å². The molecule has 0 aromatic carbocycles. The van der Waals surface area contributed by atoms with Gasteiger partial charge in [0.15, 0.2) is 9.84 Å². The van der Waals surface area contributed by atoms with Crippen molar-refractivity contribution in [1.82, 2.24) is 4.90 Å². The van der Waals surface area contributed by atoms with Crippen molar-refractivity contribution in [1.29, 1.82) is 0 Å². The lowest BCUT2D eigenvalue weighted by Crippen LogP contribution is -2.48. The normalized spacial score (nSPS) is 23.3. The molecule has 0 spiro atoms. The lowest BCUT2D eigenvalue weighted by Gasteiger charge is -2.34. The number of aliphatic carboxylic acids is 1. The Morgan fingerprint density at radius 3 is 2.89 bits per heavy atom. The van der Waals surface area contributed by atoms with Crippen LogP contribution in [0.1, 0.15) is 17.7 Å². The van der Waals surface area contributed by atoms with Crippen LogP contribution in [-0.2, 0) is 21.2 Å². The standard InChI is InChI=1S/C12H17NO5S/c1-9-2-4-18-11(9)7-13-3-5-19(16,17)8-10(13)6-12(14)15/h2,4,10H,3,5-8H2,1H3,(H,14,15). The first-order valence-electron chi connectivity index (χ1n) is 6.06. The number of hydrogen-bond donors (Lipinski definition) is 1. The summed E-state index contributed by atoms with van der Waals surface area (Å²) >= 11 is 0. The van der Waals surface area contributed by atoms with Crippen molar-refractivity contribution in [3.8, 4) is 0 Å². The second-order valence-corrected chi connectivity index (χ2v) is 7.09. The van der Waals surface area contributed by atoms with Crippen LogP contribution in [0.3, 0.4) is 0 Å². The summed E-state index contributed by atoms with van der Waals surface area (Å²) < 4.78 is 28.6. The topological polar surface area (TPSA) is 87.8 Å². The van der Waals surface area contributed by atoms with Crippen LogP contribution >= 0.6 is 0 Å². The number of carboxylic acid groups (broad SMARTS) is 1. The largest absolute Gasteiger partial charge is 0.481 e. The Morgan fingerprint density at radius 1 is 1.58 bits per heavy atom. The molecule has 7 heteroatoms. The summed E-state index contributed by atoms with van der Waals surface area (Å²) in [7, 11) is -3.14. The van der Waals surface area contributed by atoms with E-state index in [9.17, 15) is 13.2 Å². The maximum Gasteiger partial charge on any atom is 0.304 e. The van der Waals surface area contributed by atoms with Gasteiger partial charge in [-0.2, -0.15) is 0 Å². The minimum atomic E-state index is -3.14. The Labute approximate surface area is 111 Å². The van der Waals surface area contributed by atoms with E-state index in [2.05, 4.69) is 0 Å². The Balaban J connectivity index is 2.13. The maximum atomic E-state index is 11.6. The first-order valence-corrected chi connectivity index (χ1v) is 7.89. The molecule has 1 aromatic heterocycles. The molecule has 19 heavy (non-hydrogen) atoms. The maximum absolute atomic E-state index is 11.6. The first kappa shape index (κ1) is 14.1. The Morgan fingerprint density at radius 2 is 2.32 bits per heavy atom. The third kappa shape index (κ3) is 3.57. The lowest BCUT2D eigenvalue weighted by molar-refractivity contribution is -0.138. The second kappa shape index (κ2) is 5.34. The lowest BCUT2D eigenvalue weighted by atomic mass is 10.1. The van der Waals surface area contributed by atoms with E-state index in [0.29, 0.717) is 13.1 Å². The number of rotatable bonds is 4. The third-order valence-electron chi connectivity index (χ3n) is 3.38.